The summed E-state index contributed by atoms with van der Waals surface area (Å²) in [7, 11) is 1.59. The number of nitrogens with zero attached hydrogens (tertiary/aromatic N) is 1. The fourth-order valence-electron chi connectivity index (χ4n) is 2.18. The quantitative estimate of drug-likeness (QED) is 0.889. The molecule has 0 aliphatic carbocycles. The van der Waals surface area contributed by atoms with Crippen molar-refractivity contribution in [1.29, 1.82) is 0 Å². The lowest BCUT2D eigenvalue weighted by Gasteiger charge is -2.11. The van der Waals surface area contributed by atoms with Gasteiger partial charge < -0.3 is 10.6 Å². The predicted octanol–water partition coefficient (Wildman–Crippen LogP) is 2.75. The SMILES string of the molecule is CCc1cccnc1CNC(=O)c1cccc(F)c1NC. The Morgan fingerprint density at radius 2 is 2.10 bits per heavy atom. The van der Waals surface area contributed by atoms with E-state index in [9.17, 15) is 9.18 Å². The second-order valence-corrected chi connectivity index (χ2v) is 4.56. The van der Waals surface area contributed by atoms with E-state index in [-0.39, 0.29) is 17.2 Å². The first kappa shape index (κ1) is 15.0. The smallest absolute Gasteiger partial charge is 0.253 e. The van der Waals surface area contributed by atoms with Crippen LogP contribution < -0.4 is 10.6 Å². The number of hydrogen-bond acceptors (Lipinski definition) is 3. The van der Waals surface area contributed by atoms with Gasteiger partial charge in [-0.3, -0.25) is 9.78 Å². The molecule has 2 rings (SSSR count). The number of amides is 1. The van der Waals surface area contributed by atoms with Gasteiger partial charge in [-0.15, -0.1) is 0 Å². The van der Waals surface area contributed by atoms with Crippen LogP contribution in [0.2, 0.25) is 0 Å². The molecule has 1 amide bonds. The van der Waals surface area contributed by atoms with Crippen molar-refractivity contribution in [2.75, 3.05) is 12.4 Å². The van der Waals surface area contributed by atoms with E-state index >= 15 is 0 Å². The predicted molar refractivity (Wildman–Crippen MR) is 80.7 cm³/mol. The fourth-order valence-corrected chi connectivity index (χ4v) is 2.18. The van der Waals surface area contributed by atoms with Gasteiger partial charge in [0.1, 0.15) is 5.82 Å². The van der Waals surface area contributed by atoms with Crippen molar-refractivity contribution in [1.82, 2.24) is 10.3 Å². The van der Waals surface area contributed by atoms with Gasteiger partial charge in [-0.2, -0.15) is 0 Å². The first-order valence-electron chi connectivity index (χ1n) is 6.84. The Balaban J connectivity index is 2.14. The normalized spacial score (nSPS) is 10.2. The third kappa shape index (κ3) is 3.37. The van der Waals surface area contributed by atoms with Gasteiger partial charge in [0.25, 0.3) is 5.91 Å². The average Bonchev–Trinajstić information content (AvgIpc) is 2.52. The summed E-state index contributed by atoms with van der Waals surface area (Å²) in [6.45, 7) is 2.36. The van der Waals surface area contributed by atoms with Gasteiger partial charge >= 0.3 is 0 Å². The van der Waals surface area contributed by atoms with Gasteiger partial charge in [-0.1, -0.05) is 19.1 Å². The highest BCUT2D eigenvalue weighted by Crippen LogP contribution is 2.19. The number of pyridine rings is 1. The van der Waals surface area contributed by atoms with Crippen LogP contribution in [0.5, 0.6) is 0 Å². The number of carbonyl (C=O) groups excluding carboxylic acids is 1. The van der Waals surface area contributed by atoms with E-state index in [0.29, 0.717) is 6.54 Å². The van der Waals surface area contributed by atoms with Crippen LogP contribution in [0.1, 0.15) is 28.5 Å². The molecular weight excluding hydrogens is 269 g/mol. The van der Waals surface area contributed by atoms with Crippen LogP contribution in [-0.4, -0.2) is 17.9 Å². The van der Waals surface area contributed by atoms with E-state index in [1.807, 2.05) is 19.1 Å². The van der Waals surface area contributed by atoms with Crippen molar-refractivity contribution in [2.45, 2.75) is 19.9 Å². The van der Waals surface area contributed by atoms with Crippen LogP contribution in [0.25, 0.3) is 0 Å². The Bertz CT molecular complexity index is 643. The molecule has 1 aromatic heterocycles. The number of anilines is 1. The minimum absolute atomic E-state index is 0.201. The van der Waals surface area contributed by atoms with Crippen molar-refractivity contribution in [3.8, 4) is 0 Å². The Morgan fingerprint density at radius 3 is 2.81 bits per heavy atom. The highest BCUT2D eigenvalue weighted by atomic mass is 19.1. The fraction of sp³-hybridized carbons (Fsp3) is 0.250. The number of aromatic nitrogens is 1. The minimum atomic E-state index is -0.447. The van der Waals surface area contributed by atoms with Crippen LogP contribution in [0, 0.1) is 5.82 Å². The largest absolute Gasteiger partial charge is 0.385 e. The molecule has 0 bridgehead atoms. The Hall–Kier alpha value is -2.43. The van der Waals surface area contributed by atoms with Crippen LogP contribution in [0.3, 0.4) is 0 Å². The molecule has 5 heteroatoms. The lowest BCUT2D eigenvalue weighted by molar-refractivity contribution is 0.0951. The molecule has 110 valence electrons. The molecular formula is C16H18FN3O. The number of halogens is 1. The summed E-state index contributed by atoms with van der Waals surface area (Å²) in [6.07, 6.45) is 2.54. The average molecular weight is 287 g/mol. The van der Waals surface area contributed by atoms with Gasteiger partial charge in [-0.25, -0.2) is 4.39 Å². The number of rotatable bonds is 5. The minimum Gasteiger partial charge on any atom is -0.385 e. The number of nitrogens with one attached hydrogen (secondary N) is 2. The van der Waals surface area contributed by atoms with E-state index in [1.54, 1.807) is 19.3 Å². The van der Waals surface area contributed by atoms with Gasteiger partial charge in [0.2, 0.25) is 0 Å². The molecule has 0 unspecified atom stereocenters. The molecule has 0 fully saturated rings. The molecule has 4 nitrogen and oxygen atoms in total. The summed E-state index contributed by atoms with van der Waals surface area (Å²) in [5, 5.41) is 5.50. The molecule has 0 saturated carbocycles. The molecule has 2 aromatic rings. The maximum absolute atomic E-state index is 13.6. The van der Waals surface area contributed by atoms with Crippen molar-refractivity contribution in [3.05, 3.63) is 59.2 Å². The molecule has 0 aliphatic heterocycles. The number of aryl methyl sites for hydroxylation is 1. The van der Waals surface area contributed by atoms with Crippen LogP contribution in [0.4, 0.5) is 10.1 Å². The van der Waals surface area contributed by atoms with Crippen molar-refractivity contribution >= 4 is 11.6 Å². The second kappa shape index (κ2) is 6.83. The second-order valence-electron chi connectivity index (χ2n) is 4.56. The Labute approximate surface area is 123 Å². The zero-order chi connectivity index (χ0) is 15.2. The maximum atomic E-state index is 13.6. The Kier molecular flexibility index (Phi) is 4.87. The van der Waals surface area contributed by atoms with Gasteiger partial charge in [0.15, 0.2) is 0 Å². The molecule has 2 N–H and O–H groups in total. The van der Waals surface area contributed by atoms with Crippen LogP contribution in [-0.2, 0) is 13.0 Å². The van der Waals surface area contributed by atoms with E-state index < -0.39 is 5.82 Å². The standard InChI is InChI=1S/C16H18FN3O/c1-3-11-6-5-9-19-14(11)10-20-16(21)12-7-4-8-13(17)15(12)18-2/h4-9,18H,3,10H2,1-2H3,(H,20,21). The Morgan fingerprint density at radius 1 is 1.29 bits per heavy atom. The number of para-hydroxylation sites is 1. The third-order valence-corrected chi connectivity index (χ3v) is 3.29. The van der Waals surface area contributed by atoms with Gasteiger partial charge in [-0.05, 0) is 30.2 Å². The van der Waals surface area contributed by atoms with Crippen molar-refractivity contribution in [3.63, 3.8) is 0 Å². The maximum Gasteiger partial charge on any atom is 0.253 e. The van der Waals surface area contributed by atoms with Crippen molar-refractivity contribution < 1.29 is 9.18 Å². The highest BCUT2D eigenvalue weighted by molar-refractivity contribution is 5.99. The number of hydrogen-bond donors (Lipinski definition) is 2. The summed E-state index contributed by atoms with van der Waals surface area (Å²) < 4.78 is 13.6. The third-order valence-electron chi connectivity index (χ3n) is 3.29. The zero-order valence-electron chi connectivity index (χ0n) is 12.1. The molecule has 0 saturated heterocycles. The molecule has 0 atom stereocenters. The summed E-state index contributed by atoms with van der Waals surface area (Å²) in [5.74, 6) is -0.774. The summed E-state index contributed by atoms with van der Waals surface area (Å²) in [6, 6.07) is 8.27. The first-order valence-corrected chi connectivity index (χ1v) is 6.84. The summed E-state index contributed by atoms with van der Waals surface area (Å²) in [4.78, 5) is 16.5. The molecule has 1 heterocycles. The van der Waals surface area contributed by atoms with Crippen LogP contribution in [0.15, 0.2) is 36.5 Å². The number of carbonyl (C=O) groups is 1. The van der Waals surface area contributed by atoms with Gasteiger partial charge in [0, 0.05) is 13.2 Å². The number of benzene rings is 1. The molecule has 1 aromatic carbocycles. The van der Waals surface area contributed by atoms with E-state index in [4.69, 9.17) is 0 Å². The van der Waals surface area contributed by atoms with Crippen LogP contribution >= 0.6 is 0 Å². The topological polar surface area (TPSA) is 54.0 Å². The summed E-state index contributed by atoms with van der Waals surface area (Å²) in [5.41, 5.74) is 2.40. The molecule has 0 aliphatic rings. The molecule has 0 spiro atoms. The molecule has 0 radical (unpaired) electrons. The van der Waals surface area contributed by atoms with E-state index in [1.165, 1.54) is 12.1 Å². The van der Waals surface area contributed by atoms with E-state index in [2.05, 4.69) is 15.6 Å². The van der Waals surface area contributed by atoms with E-state index in [0.717, 1.165) is 17.7 Å². The van der Waals surface area contributed by atoms with Crippen molar-refractivity contribution in [2.24, 2.45) is 0 Å². The highest BCUT2D eigenvalue weighted by Gasteiger charge is 2.14. The first-order chi connectivity index (χ1) is 10.2. The zero-order valence-corrected chi connectivity index (χ0v) is 12.1. The lowest BCUT2D eigenvalue weighted by atomic mass is 10.1. The molecule has 21 heavy (non-hydrogen) atoms. The lowest BCUT2D eigenvalue weighted by Crippen LogP contribution is -2.25. The van der Waals surface area contributed by atoms with Gasteiger partial charge in [0.05, 0.1) is 23.5 Å². The monoisotopic (exact) mass is 287 g/mol. The summed E-state index contributed by atoms with van der Waals surface area (Å²) >= 11 is 0.